The van der Waals surface area contributed by atoms with Gasteiger partial charge in [-0.25, -0.2) is 0 Å². The predicted molar refractivity (Wildman–Crippen MR) is 130 cm³/mol. The number of hydrogen-bond donors (Lipinski definition) is 2. The van der Waals surface area contributed by atoms with Gasteiger partial charge in [0.15, 0.2) is 0 Å². The van der Waals surface area contributed by atoms with Crippen molar-refractivity contribution in [2.45, 2.75) is 51.0 Å². The van der Waals surface area contributed by atoms with Gasteiger partial charge in [0.2, 0.25) is 5.91 Å². The van der Waals surface area contributed by atoms with Gasteiger partial charge in [0.05, 0.1) is 12.0 Å². The van der Waals surface area contributed by atoms with Gasteiger partial charge in [0.1, 0.15) is 6.29 Å². The Balaban J connectivity index is 1.77. The molecule has 7 heteroatoms. The van der Waals surface area contributed by atoms with Crippen LogP contribution < -0.4 is 10.6 Å². The predicted octanol–water partition coefficient (Wildman–Crippen LogP) is 5.11. The molecule has 0 bridgehead atoms. The Labute approximate surface area is 204 Å². The van der Waals surface area contributed by atoms with Crippen molar-refractivity contribution in [3.05, 3.63) is 69.2 Å². The fourth-order valence-electron chi connectivity index (χ4n) is 6.10. The first-order valence-corrected chi connectivity index (χ1v) is 12.2. The number of carbonyl (C=O) groups excluding carboxylic acids is 3. The molecule has 2 aliphatic rings. The number of amides is 2. The van der Waals surface area contributed by atoms with Gasteiger partial charge in [0, 0.05) is 27.6 Å². The molecule has 2 fully saturated rings. The zero-order valence-corrected chi connectivity index (χ0v) is 20.2. The highest BCUT2D eigenvalue weighted by atomic mass is 35.5. The maximum absolute atomic E-state index is 13.1. The molecule has 0 radical (unpaired) electrons. The number of aldehydes is 1. The highest BCUT2D eigenvalue weighted by Crippen LogP contribution is 2.60. The first kappa shape index (κ1) is 23.8. The van der Waals surface area contributed by atoms with Crippen molar-refractivity contribution in [3.8, 4) is 0 Å². The van der Waals surface area contributed by atoms with Crippen molar-refractivity contribution in [3.63, 3.8) is 0 Å². The SMILES string of the molecule is CC[C@@]12CC[C@@H](c3ccc(C(=O)NCC=O)cc3Cl)[C@H](c3ccc(Cl)cc3)[C@@H]1[C@@H](C)NC2=O. The number of hydrogen-bond acceptors (Lipinski definition) is 3. The molecule has 1 saturated heterocycles. The second-order valence-electron chi connectivity index (χ2n) is 9.13. The molecule has 2 aromatic rings. The van der Waals surface area contributed by atoms with Crippen LogP contribution in [-0.2, 0) is 9.59 Å². The van der Waals surface area contributed by atoms with Crippen LogP contribution in [0.2, 0.25) is 10.0 Å². The summed E-state index contributed by atoms with van der Waals surface area (Å²) in [5.74, 6) is 0.0789. The van der Waals surface area contributed by atoms with Crippen LogP contribution in [0.1, 0.15) is 66.4 Å². The molecule has 1 heterocycles. The molecule has 0 unspecified atom stereocenters. The van der Waals surface area contributed by atoms with Crippen molar-refractivity contribution in [1.29, 1.82) is 0 Å². The summed E-state index contributed by atoms with van der Waals surface area (Å²) in [5, 5.41) is 6.95. The molecule has 4 rings (SSSR count). The fraction of sp³-hybridized carbons (Fsp3) is 0.423. The van der Waals surface area contributed by atoms with E-state index in [9.17, 15) is 14.4 Å². The molecular weight excluding hydrogens is 459 g/mol. The third-order valence-electron chi connectivity index (χ3n) is 7.60. The van der Waals surface area contributed by atoms with E-state index < -0.39 is 5.41 Å². The summed E-state index contributed by atoms with van der Waals surface area (Å²) in [4.78, 5) is 35.9. The lowest BCUT2D eigenvalue weighted by Crippen LogP contribution is -2.43. The average Bonchev–Trinajstić information content (AvgIpc) is 3.07. The largest absolute Gasteiger partial charge is 0.353 e. The van der Waals surface area contributed by atoms with Gasteiger partial charge in [-0.3, -0.25) is 9.59 Å². The summed E-state index contributed by atoms with van der Waals surface area (Å²) < 4.78 is 0. The van der Waals surface area contributed by atoms with E-state index in [1.54, 1.807) is 12.1 Å². The average molecular weight is 487 g/mol. The number of halogens is 2. The topological polar surface area (TPSA) is 75.3 Å². The lowest BCUT2D eigenvalue weighted by Gasteiger charge is -2.47. The van der Waals surface area contributed by atoms with Crippen molar-refractivity contribution < 1.29 is 14.4 Å². The number of fused-ring (bicyclic) bond motifs is 1. The van der Waals surface area contributed by atoms with Crippen LogP contribution in [0.4, 0.5) is 0 Å². The number of nitrogens with one attached hydrogen (secondary N) is 2. The van der Waals surface area contributed by atoms with Gasteiger partial charge in [-0.2, -0.15) is 0 Å². The van der Waals surface area contributed by atoms with Crippen LogP contribution in [-0.4, -0.2) is 30.7 Å². The zero-order valence-electron chi connectivity index (χ0n) is 18.7. The van der Waals surface area contributed by atoms with E-state index in [4.69, 9.17) is 23.2 Å². The quantitative estimate of drug-likeness (QED) is 0.556. The van der Waals surface area contributed by atoms with E-state index in [0.717, 1.165) is 30.4 Å². The standard InChI is InChI=1S/C26H28Cl2N2O3/c1-3-26-11-10-20(19-9-6-17(14-21(19)28)24(32)29-12-13-31)22(16-4-7-18(27)8-5-16)23(26)15(2)30-25(26)33/h4-9,13-15,20,22-23H,3,10-12H2,1-2H3,(H,29,32)(H,30,33)/t15-,20+,22+,23+,26-/m1/s1. The van der Waals surface area contributed by atoms with E-state index in [2.05, 4.69) is 36.6 Å². The Kier molecular flexibility index (Phi) is 6.83. The lowest BCUT2D eigenvalue weighted by molar-refractivity contribution is -0.131. The Morgan fingerprint density at radius 1 is 1.21 bits per heavy atom. The third kappa shape index (κ3) is 4.17. The lowest BCUT2D eigenvalue weighted by atomic mass is 9.54. The molecule has 5 atom stereocenters. The van der Waals surface area contributed by atoms with Crippen molar-refractivity contribution in [1.82, 2.24) is 10.6 Å². The first-order valence-electron chi connectivity index (χ1n) is 11.4. The number of carbonyl (C=O) groups is 3. The molecule has 174 valence electrons. The Hall–Kier alpha value is -2.37. The Morgan fingerprint density at radius 3 is 2.58 bits per heavy atom. The summed E-state index contributed by atoms with van der Waals surface area (Å²) in [6, 6.07) is 13.3. The minimum Gasteiger partial charge on any atom is -0.353 e. The van der Waals surface area contributed by atoms with E-state index in [0.29, 0.717) is 21.9 Å². The number of rotatable bonds is 6. The van der Waals surface area contributed by atoms with Gasteiger partial charge in [-0.15, -0.1) is 0 Å². The Bertz CT molecular complexity index is 1070. The summed E-state index contributed by atoms with van der Waals surface area (Å²) in [7, 11) is 0. The maximum atomic E-state index is 13.1. The minimum atomic E-state index is -0.401. The van der Waals surface area contributed by atoms with Crippen LogP contribution >= 0.6 is 23.2 Å². The Morgan fingerprint density at radius 2 is 1.94 bits per heavy atom. The second kappa shape index (κ2) is 9.47. The molecule has 2 N–H and O–H groups in total. The molecule has 2 amide bonds. The van der Waals surface area contributed by atoms with Crippen LogP contribution in [0, 0.1) is 11.3 Å². The van der Waals surface area contributed by atoms with Crippen molar-refractivity contribution in [2.24, 2.45) is 11.3 Å². The summed E-state index contributed by atoms with van der Waals surface area (Å²) in [5.41, 5.74) is 2.12. The van der Waals surface area contributed by atoms with Gasteiger partial charge >= 0.3 is 0 Å². The zero-order chi connectivity index (χ0) is 23.8. The third-order valence-corrected chi connectivity index (χ3v) is 8.18. The molecular formula is C26H28Cl2N2O3. The highest BCUT2D eigenvalue weighted by molar-refractivity contribution is 6.32. The van der Waals surface area contributed by atoms with E-state index in [1.807, 2.05) is 18.2 Å². The fourth-order valence-corrected chi connectivity index (χ4v) is 6.55. The van der Waals surface area contributed by atoms with E-state index in [-0.39, 0.29) is 42.2 Å². The van der Waals surface area contributed by atoms with Crippen LogP contribution in [0.3, 0.4) is 0 Å². The molecule has 33 heavy (non-hydrogen) atoms. The van der Waals surface area contributed by atoms with E-state index in [1.165, 1.54) is 0 Å². The summed E-state index contributed by atoms with van der Waals surface area (Å²) >= 11 is 12.9. The minimum absolute atomic E-state index is 0.0353. The normalized spacial score (nSPS) is 28.7. The van der Waals surface area contributed by atoms with Crippen molar-refractivity contribution >= 4 is 41.3 Å². The maximum Gasteiger partial charge on any atom is 0.251 e. The monoisotopic (exact) mass is 486 g/mol. The smallest absolute Gasteiger partial charge is 0.251 e. The summed E-state index contributed by atoms with van der Waals surface area (Å²) in [6.07, 6.45) is 3.03. The highest BCUT2D eigenvalue weighted by Gasteiger charge is 2.59. The molecule has 1 aliphatic heterocycles. The molecule has 5 nitrogen and oxygen atoms in total. The molecule has 1 aliphatic carbocycles. The second-order valence-corrected chi connectivity index (χ2v) is 9.98. The van der Waals surface area contributed by atoms with Crippen LogP contribution in [0.25, 0.3) is 0 Å². The van der Waals surface area contributed by atoms with Crippen molar-refractivity contribution in [2.75, 3.05) is 6.54 Å². The number of benzene rings is 2. The van der Waals surface area contributed by atoms with Crippen LogP contribution in [0.15, 0.2) is 42.5 Å². The molecule has 2 aromatic carbocycles. The van der Waals surface area contributed by atoms with Gasteiger partial charge in [0.25, 0.3) is 5.91 Å². The van der Waals surface area contributed by atoms with Gasteiger partial charge in [-0.05, 0) is 73.4 Å². The molecule has 0 spiro atoms. The van der Waals surface area contributed by atoms with Gasteiger partial charge in [-0.1, -0.05) is 48.3 Å². The summed E-state index contributed by atoms with van der Waals surface area (Å²) in [6.45, 7) is 4.15. The van der Waals surface area contributed by atoms with Gasteiger partial charge < -0.3 is 15.4 Å². The first-order chi connectivity index (χ1) is 15.8. The molecule has 0 aromatic heterocycles. The van der Waals surface area contributed by atoms with Crippen LogP contribution in [0.5, 0.6) is 0 Å². The molecule has 1 saturated carbocycles. The van der Waals surface area contributed by atoms with E-state index >= 15 is 0 Å².